The van der Waals surface area contributed by atoms with Gasteiger partial charge in [0.2, 0.25) is 0 Å². The summed E-state index contributed by atoms with van der Waals surface area (Å²) in [4.78, 5) is 0. The number of aromatic nitrogens is 2. The number of hydrogen-bond donors (Lipinski definition) is 1. The fourth-order valence-electron chi connectivity index (χ4n) is 1.16. The van der Waals surface area contributed by atoms with Crippen LogP contribution in [0.3, 0.4) is 0 Å². The molecule has 3 nitrogen and oxygen atoms in total. The van der Waals surface area contributed by atoms with E-state index in [9.17, 15) is 0 Å². The second-order valence-corrected chi connectivity index (χ2v) is 3.37. The smallest absolute Gasteiger partial charge is 0.0653 e. The van der Waals surface area contributed by atoms with Crippen molar-refractivity contribution in [2.75, 3.05) is 7.05 Å². The third-order valence-corrected chi connectivity index (χ3v) is 1.95. The van der Waals surface area contributed by atoms with Gasteiger partial charge in [0, 0.05) is 13.6 Å². The fourth-order valence-corrected chi connectivity index (χ4v) is 1.16. The normalized spacial score (nSPS) is 11.1. The lowest BCUT2D eigenvalue weighted by Crippen LogP contribution is -2.09. The number of aryl methyl sites for hydroxylation is 1. The first-order valence-corrected chi connectivity index (χ1v) is 4.32. The summed E-state index contributed by atoms with van der Waals surface area (Å²) in [5.41, 5.74) is 2.41. The van der Waals surface area contributed by atoms with Gasteiger partial charge in [-0.15, -0.1) is 0 Å². The van der Waals surface area contributed by atoms with Crippen molar-refractivity contribution in [1.29, 1.82) is 0 Å². The van der Waals surface area contributed by atoms with Gasteiger partial charge in [-0.2, -0.15) is 5.10 Å². The summed E-state index contributed by atoms with van der Waals surface area (Å²) in [6.45, 7) is 5.20. The summed E-state index contributed by atoms with van der Waals surface area (Å²) < 4.78 is 1.94. The summed E-state index contributed by atoms with van der Waals surface area (Å²) in [5, 5.41) is 7.52. The molecule has 0 amide bonds. The van der Waals surface area contributed by atoms with Crippen molar-refractivity contribution in [2.24, 2.45) is 7.05 Å². The number of nitrogens with one attached hydrogen (secondary N) is 1. The van der Waals surface area contributed by atoms with Gasteiger partial charge < -0.3 is 5.32 Å². The third-order valence-electron chi connectivity index (χ3n) is 1.95. The Bertz CT molecular complexity index is 250. The lowest BCUT2D eigenvalue weighted by atomic mass is 10.1. The van der Waals surface area contributed by atoms with E-state index in [1.165, 1.54) is 11.4 Å². The van der Waals surface area contributed by atoms with Crippen LogP contribution in [0.1, 0.15) is 31.2 Å². The van der Waals surface area contributed by atoms with Gasteiger partial charge in [-0.05, 0) is 19.0 Å². The van der Waals surface area contributed by atoms with E-state index >= 15 is 0 Å². The van der Waals surface area contributed by atoms with Gasteiger partial charge in [0.1, 0.15) is 0 Å². The molecule has 1 aromatic heterocycles. The third kappa shape index (κ3) is 1.85. The van der Waals surface area contributed by atoms with Gasteiger partial charge in [0.25, 0.3) is 0 Å². The van der Waals surface area contributed by atoms with Crippen molar-refractivity contribution in [3.8, 4) is 0 Å². The molecule has 0 fully saturated rings. The first-order chi connectivity index (χ1) is 5.65. The summed E-state index contributed by atoms with van der Waals surface area (Å²) >= 11 is 0. The van der Waals surface area contributed by atoms with Crippen molar-refractivity contribution in [2.45, 2.75) is 26.3 Å². The van der Waals surface area contributed by atoms with E-state index in [-0.39, 0.29) is 0 Å². The quantitative estimate of drug-likeness (QED) is 0.734. The van der Waals surface area contributed by atoms with Crippen LogP contribution in [0.5, 0.6) is 0 Å². The highest BCUT2D eigenvalue weighted by atomic mass is 15.3. The number of nitrogens with zero attached hydrogens (tertiary/aromatic N) is 2. The molecular formula is C9H17N3. The largest absolute Gasteiger partial charge is 0.314 e. The highest BCUT2D eigenvalue weighted by molar-refractivity contribution is 5.12. The van der Waals surface area contributed by atoms with Crippen LogP contribution in [0.15, 0.2) is 6.07 Å². The molecule has 1 aromatic rings. The molecule has 1 rings (SSSR count). The molecule has 0 saturated heterocycles. The highest BCUT2D eigenvalue weighted by Gasteiger charge is 2.06. The predicted octanol–water partition coefficient (Wildman–Crippen LogP) is 1.26. The average Bonchev–Trinajstić information content (AvgIpc) is 2.34. The molecule has 0 bridgehead atoms. The van der Waals surface area contributed by atoms with Crippen LogP contribution in [-0.4, -0.2) is 16.8 Å². The van der Waals surface area contributed by atoms with Crippen molar-refractivity contribution < 1.29 is 0 Å². The van der Waals surface area contributed by atoms with Gasteiger partial charge >= 0.3 is 0 Å². The van der Waals surface area contributed by atoms with Crippen molar-refractivity contribution >= 4 is 0 Å². The Hall–Kier alpha value is -0.830. The Labute approximate surface area is 73.8 Å². The van der Waals surface area contributed by atoms with Crippen molar-refractivity contribution in [1.82, 2.24) is 15.1 Å². The zero-order chi connectivity index (χ0) is 9.14. The summed E-state index contributed by atoms with van der Waals surface area (Å²) in [5.74, 6) is 0.516. The maximum atomic E-state index is 4.41. The highest BCUT2D eigenvalue weighted by Crippen LogP contribution is 2.13. The molecule has 0 saturated carbocycles. The van der Waals surface area contributed by atoms with Gasteiger partial charge in [0.05, 0.1) is 11.4 Å². The minimum atomic E-state index is 0.516. The van der Waals surface area contributed by atoms with Crippen molar-refractivity contribution in [3.63, 3.8) is 0 Å². The Morgan fingerprint density at radius 2 is 2.25 bits per heavy atom. The zero-order valence-electron chi connectivity index (χ0n) is 8.26. The molecule has 3 heteroatoms. The monoisotopic (exact) mass is 167 g/mol. The molecule has 68 valence electrons. The van der Waals surface area contributed by atoms with Gasteiger partial charge in [-0.25, -0.2) is 0 Å². The molecule has 0 radical (unpaired) electrons. The second-order valence-electron chi connectivity index (χ2n) is 3.37. The van der Waals surface area contributed by atoms with Crippen LogP contribution in [0.25, 0.3) is 0 Å². The van der Waals surface area contributed by atoms with Gasteiger partial charge in [0.15, 0.2) is 0 Å². The van der Waals surface area contributed by atoms with Crippen LogP contribution < -0.4 is 5.32 Å². The van der Waals surface area contributed by atoms with E-state index in [1.807, 2.05) is 18.8 Å². The Balaban J connectivity index is 2.85. The van der Waals surface area contributed by atoms with Crippen LogP contribution in [-0.2, 0) is 13.6 Å². The first kappa shape index (κ1) is 9.26. The molecule has 0 unspecified atom stereocenters. The molecular weight excluding hydrogens is 150 g/mol. The van der Waals surface area contributed by atoms with E-state index in [1.54, 1.807) is 0 Å². The zero-order valence-corrected chi connectivity index (χ0v) is 8.26. The van der Waals surface area contributed by atoms with Gasteiger partial charge in [-0.1, -0.05) is 13.8 Å². The minimum absolute atomic E-state index is 0.516. The van der Waals surface area contributed by atoms with E-state index < -0.39 is 0 Å². The van der Waals surface area contributed by atoms with E-state index in [0.29, 0.717) is 5.92 Å². The number of hydrogen-bond acceptors (Lipinski definition) is 2. The lowest BCUT2D eigenvalue weighted by Gasteiger charge is -1.97. The molecule has 0 spiro atoms. The molecule has 1 heterocycles. The Kier molecular flexibility index (Phi) is 2.87. The van der Waals surface area contributed by atoms with E-state index in [0.717, 1.165) is 6.54 Å². The van der Waals surface area contributed by atoms with Crippen LogP contribution >= 0.6 is 0 Å². The predicted molar refractivity (Wildman–Crippen MR) is 50.1 cm³/mol. The Morgan fingerprint density at radius 3 is 2.67 bits per heavy atom. The standard InChI is InChI=1S/C9H17N3/c1-7(2)9-5-8(6-10-3)12(4)11-9/h5,7,10H,6H2,1-4H3. The van der Waals surface area contributed by atoms with Crippen LogP contribution in [0.2, 0.25) is 0 Å². The molecule has 0 atom stereocenters. The molecule has 0 aliphatic heterocycles. The second kappa shape index (κ2) is 3.72. The minimum Gasteiger partial charge on any atom is -0.314 e. The summed E-state index contributed by atoms with van der Waals surface area (Å²) in [6, 6.07) is 2.15. The van der Waals surface area contributed by atoms with E-state index in [2.05, 4.69) is 30.3 Å². The molecule has 12 heavy (non-hydrogen) atoms. The van der Waals surface area contributed by atoms with Gasteiger partial charge in [-0.3, -0.25) is 4.68 Å². The molecule has 0 aromatic carbocycles. The van der Waals surface area contributed by atoms with Crippen molar-refractivity contribution in [3.05, 3.63) is 17.5 Å². The number of rotatable bonds is 3. The van der Waals surface area contributed by atoms with Crippen LogP contribution in [0.4, 0.5) is 0 Å². The van der Waals surface area contributed by atoms with E-state index in [4.69, 9.17) is 0 Å². The maximum Gasteiger partial charge on any atom is 0.0653 e. The first-order valence-electron chi connectivity index (χ1n) is 4.32. The molecule has 0 aliphatic rings. The Morgan fingerprint density at radius 1 is 1.58 bits per heavy atom. The molecule has 0 aliphatic carbocycles. The average molecular weight is 167 g/mol. The maximum absolute atomic E-state index is 4.41. The summed E-state index contributed by atoms with van der Waals surface area (Å²) in [6.07, 6.45) is 0. The fraction of sp³-hybridized carbons (Fsp3) is 0.667. The molecule has 1 N–H and O–H groups in total. The SMILES string of the molecule is CNCc1cc(C(C)C)nn1C. The summed E-state index contributed by atoms with van der Waals surface area (Å²) in [7, 11) is 3.93. The van der Waals surface area contributed by atoms with Crippen LogP contribution in [0, 0.1) is 0 Å². The lowest BCUT2D eigenvalue weighted by molar-refractivity contribution is 0.656. The topological polar surface area (TPSA) is 29.9 Å².